The number of alkyl halides is 9. The largest absolute Gasteiger partial charge is 0.433 e. The van der Waals surface area contributed by atoms with Crippen LogP contribution >= 0.6 is 27.5 Å². The fourth-order valence-electron chi connectivity index (χ4n) is 1.61. The monoisotopic (exact) mass is 469 g/mol. The molecule has 0 spiro atoms. The van der Waals surface area contributed by atoms with E-state index in [1.165, 1.54) is 15.9 Å². The Bertz CT molecular complexity index is 732. The van der Waals surface area contributed by atoms with Crippen molar-refractivity contribution in [3.63, 3.8) is 0 Å². The van der Waals surface area contributed by atoms with Crippen LogP contribution in [0.3, 0.4) is 0 Å². The van der Waals surface area contributed by atoms with Gasteiger partial charge in [-0.05, 0) is 28.1 Å². The van der Waals surface area contributed by atoms with Gasteiger partial charge in [-0.1, -0.05) is 11.6 Å². The summed E-state index contributed by atoms with van der Waals surface area (Å²) in [5, 5.41) is -1.13. The summed E-state index contributed by atoms with van der Waals surface area (Å²) < 4.78 is 127. The summed E-state index contributed by atoms with van der Waals surface area (Å²) in [6.45, 7) is 0. The number of nitrogens with two attached hydrogens (primary N) is 1. The van der Waals surface area contributed by atoms with Gasteiger partial charge in [-0.15, -0.1) is 0 Å². The van der Waals surface area contributed by atoms with E-state index in [0.29, 0.717) is 0 Å². The lowest BCUT2D eigenvalue weighted by molar-refractivity contribution is -0.282. The predicted molar refractivity (Wildman–Crippen MR) is 71.8 cm³/mol. The topological polar surface area (TPSA) is 60.2 Å². The lowest BCUT2D eigenvalue weighted by Crippen LogP contribution is -2.49. The van der Waals surface area contributed by atoms with Crippen molar-refractivity contribution in [1.82, 2.24) is 0 Å². The Balaban J connectivity index is 3.89. The first-order valence-electron chi connectivity index (χ1n) is 5.41. The lowest BCUT2D eigenvalue weighted by Gasteiger charge is -2.32. The molecule has 0 saturated carbocycles. The summed E-state index contributed by atoms with van der Waals surface area (Å²) in [6.07, 6.45) is -6.26. The van der Waals surface area contributed by atoms with Crippen molar-refractivity contribution in [1.29, 1.82) is 0 Å². The third-order valence-electron chi connectivity index (χ3n) is 2.81. The molecule has 0 aliphatic heterocycles. The molecule has 0 aromatic heterocycles. The van der Waals surface area contributed by atoms with Crippen LogP contribution in [0.25, 0.3) is 0 Å². The van der Waals surface area contributed by atoms with Gasteiger partial charge in [-0.3, -0.25) is 0 Å². The van der Waals surface area contributed by atoms with Crippen LogP contribution in [0.4, 0.5) is 40.8 Å². The van der Waals surface area contributed by atoms with Crippen LogP contribution in [0.2, 0.25) is 5.02 Å². The molecule has 24 heavy (non-hydrogen) atoms. The first-order valence-corrected chi connectivity index (χ1v) is 8.13. The highest BCUT2D eigenvalue weighted by molar-refractivity contribution is 9.10. The summed E-state index contributed by atoms with van der Waals surface area (Å²) in [5.74, 6) is -4.16. The van der Waals surface area contributed by atoms with Gasteiger partial charge < -0.3 is 5.73 Å². The fourth-order valence-corrected chi connectivity index (χ4v) is 3.24. The SMILES string of the molecule is Nc1c(Cl)cc(C(F)(C(F)(F)F)C(F)(F)Br)cc1S(=O)(=O)C(F)F. The predicted octanol–water partition coefficient (Wildman–Crippen LogP) is 4.63. The molecule has 3 nitrogen and oxygen atoms in total. The van der Waals surface area contributed by atoms with Crippen LogP contribution in [-0.4, -0.2) is 25.2 Å². The second-order valence-electron chi connectivity index (χ2n) is 4.33. The Labute approximate surface area is 142 Å². The third-order valence-corrected chi connectivity index (χ3v) is 5.09. The van der Waals surface area contributed by atoms with Crippen LogP contribution in [0, 0.1) is 0 Å². The molecule has 0 aliphatic rings. The minimum Gasteiger partial charge on any atom is -0.396 e. The molecular formula is C10H5BrClF8NO2S. The average molecular weight is 471 g/mol. The maximum Gasteiger partial charge on any atom is 0.433 e. The quantitative estimate of drug-likeness (QED) is 0.396. The van der Waals surface area contributed by atoms with Gasteiger partial charge in [0.2, 0.25) is 9.84 Å². The number of hydrogen-bond acceptors (Lipinski definition) is 3. The van der Waals surface area contributed by atoms with Gasteiger partial charge in [0.15, 0.2) is 0 Å². The first kappa shape index (κ1) is 21.2. The fraction of sp³-hybridized carbons (Fsp3) is 0.400. The van der Waals surface area contributed by atoms with Crippen molar-refractivity contribution in [3.8, 4) is 0 Å². The molecule has 0 aliphatic carbocycles. The van der Waals surface area contributed by atoms with Gasteiger partial charge in [0.05, 0.1) is 15.6 Å². The molecule has 1 rings (SSSR count). The summed E-state index contributed by atoms with van der Waals surface area (Å²) in [7, 11) is -5.64. The van der Waals surface area contributed by atoms with E-state index in [1.54, 1.807) is 0 Å². The summed E-state index contributed by atoms with van der Waals surface area (Å²) in [6, 6.07) is -0.380. The molecule has 0 saturated heterocycles. The number of anilines is 1. The highest BCUT2D eigenvalue weighted by Crippen LogP contribution is 2.56. The van der Waals surface area contributed by atoms with Gasteiger partial charge in [0.1, 0.15) is 0 Å². The van der Waals surface area contributed by atoms with E-state index in [-0.39, 0.29) is 12.1 Å². The van der Waals surface area contributed by atoms with Gasteiger partial charge >= 0.3 is 22.4 Å². The molecule has 0 radical (unpaired) electrons. The van der Waals surface area contributed by atoms with Crippen LogP contribution < -0.4 is 5.73 Å². The molecule has 1 atom stereocenters. The molecule has 0 amide bonds. The molecule has 1 unspecified atom stereocenters. The van der Waals surface area contributed by atoms with Crippen LogP contribution in [-0.2, 0) is 15.5 Å². The highest BCUT2D eigenvalue weighted by Gasteiger charge is 2.71. The number of sulfone groups is 1. The van der Waals surface area contributed by atoms with Gasteiger partial charge in [0, 0.05) is 5.56 Å². The van der Waals surface area contributed by atoms with Gasteiger partial charge in [-0.25, -0.2) is 12.8 Å². The van der Waals surface area contributed by atoms with Crippen molar-refractivity contribution < 1.29 is 43.5 Å². The molecule has 1 aromatic carbocycles. The van der Waals surface area contributed by atoms with E-state index in [0.717, 1.165) is 0 Å². The molecule has 0 bridgehead atoms. The van der Waals surface area contributed by atoms with Crippen molar-refractivity contribution in [2.24, 2.45) is 0 Å². The minimum absolute atomic E-state index is 0.0238. The lowest BCUT2D eigenvalue weighted by atomic mass is 9.95. The van der Waals surface area contributed by atoms with E-state index in [4.69, 9.17) is 17.3 Å². The normalized spacial score (nSPS) is 16.3. The third kappa shape index (κ3) is 3.29. The van der Waals surface area contributed by atoms with Crippen molar-refractivity contribution in [2.45, 2.75) is 27.3 Å². The summed E-state index contributed by atoms with van der Waals surface area (Å²) >= 11 is 6.53. The second-order valence-corrected chi connectivity index (χ2v) is 7.62. The zero-order valence-electron chi connectivity index (χ0n) is 10.8. The standard InChI is InChI=1S/C10H5BrClF8NO2S/c11-9(16,17)8(15,10(18,19)20)3-1-4(12)6(21)5(2-3)24(22,23)7(13)14/h1-2,7H,21H2. The van der Waals surface area contributed by atoms with Gasteiger partial charge in [-0.2, -0.15) is 30.7 Å². The smallest absolute Gasteiger partial charge is 0.396 e. The number of rotatable bonds is 4. The first-order chi connectivity index (χ1) is 10.5. The van der Waals surface area contributed by atoms with E-state index < -0.39 is 53.4 Å². The Morgan fingerprint density at radius 1 is 1.08 bits per heavy atom. The molecule has 0 fully saturated rings. The second kappa shape index (κ2) is 6.16. The van der Waals surface area contributed by atoms with Crippen molar-refractivity contribution >= 4 is 43.1 Å². The Hall–Kier alpha value is -0.820. The van der Waals surface area contributed by atoms with Gasteiger partial charge in [0.25, 0.3) is 0 Å². The Morgan fingerprint density at radius 3 is 1.88 bits per heavy atom. The molecule has 1 aromatic rings. The van der Waals surface area contributed by atoms with E-state index in [1.807, 2.05) is 0 Å². The summed E-state index contributed by atoms with van der Waals surface area (Å²) in [5.41, 5.74) is -3.53. The molecule has 138 valence electrons. The molecule has 0 heterocycles. The number of benzene rings is 1. The molecular weight excluding hydrogens is 466 g/mol. The number of nitrogen functional groups attached to an aromatic ring is 1. The zero-order valence-corrected chi connectivity index (χ0v) is 14.0. The number of halogens is 10. The number of hydrogen-bond donors (Lipinski definition) is 1. The van der Waals surface area contributed by atoms with Crippen LogP contribution in [0.15, 0.2) is 17.0 Å². The molecule has 2 N–H and O–H groups in total. The van der Waals surface area contributed by atoms with E-state index in [2.05, 4.69) is 0 Å². The van der Waals surface area contributed by atoms with Crippen LogP contribution in [0.1, 0.15) is 5.56 Å². The maximum absolute atomic E-state index is 14.2. The molecule has 14 heteroatoms. The summed E-state index contributed by atoms with van der Waals surface area (Å²) in [4.78, 5) is -6.98. The van der Waals surface area contributed by atoms with E-state index in [9.17, 15) is 43.5 Å². The van der Waals surface area contributed by atoms with Crippen molar-refractivity contribution in [2.75, 3.05) is 5.73 Å². The minimum atomic E-state index is -6.26. The van der Waals surface area contributed by atoms with Crippen LogP contribution in [0.5, 0.6) is 0 Å². The highest BCUT2D eigenvalue weighted by atomic mass is 79.9. The maximum atomic E-state index is 14.2. The van der Waals surface area contributed by atoms with Crippen molar-refractivity contribution in [3.05, 3.63) is 22.7 Å². The van der Waals surface area contributed by atoms with E-state index >= 15 is 0 Å². The Morgan fingerprint density at radius 2 is 1.54 bits per heavy atom. The Kier molecular flexibility index (Phi) is 5.45. The average Bonchev–Trinajstić information content (AvgIpc) is 2.37. The zero-order chi connectivity index (χ0) is 19.3.